The van der Waals surface area contributed by atoms with Crippen LogP contribution in [0.1, 0.15) is 20.8 Å². The number of carbonyl (C=O) groups is 3. The number of aliphatic hydroxyl groups is 4. The van der Waals surface area contributed by atoms with E-state index in [1.807, 2.05) is 0 Å². The molecule has 4 N–H and O–H groups in total. The molecule has 0 saturated carbocycles. The molecule has 0 aromatic heterocycles. The number of rotatable bonds is 11. The summed E-state index contributed by atoms with van der Waals surface area (Å²) < 4.78 is 14.5. The summed E-state index contributed by atoms with van der Waals surface area (Å²) in [4.78, 5) is 35.8. The predicted octanol–water partition coefficient (Wildman–Crippen LogP) is -1.77. The van der Waals surface area contributed by atoms with Gasteiger partial charge >= 0.3 is 17.9 Å². The Morgan fingerprint density at radius 1 is 0.654 bits per heavy atom. The molecule has 152 valence electrons. The fraction of sp³-hybridized carbons (Fsp3) is 0.812. The third kappa shape index (κ3) is 5.63. The highest BCUT2D eigenvalue weighted by atomic mass is 16.6. The number of hydrogen-bond acceptors (Lipinski definition) is 10. The molecule has 10 nitrogen and oxygen atoms in total. The molecule has 0 bridgehead atoms. The first-order valence-corrected chi connectivity index (χ1v) is 7.85. The first-order chi connectivity index (χ1) is 12.0. The number of ether oxygens (including phenoxy) is 3. The Morgan fingerprint density at radius 2 is 0.962 bits per heavy atom. The summed E-state index contributed by atoms with van der Waals surface area (Å²) in [5, 5.41) is 37.1. The van der Waals surface area contributed by atoms with Crippen molar-refractivity contribution in [1.29, 1.82) is 0 Å². The van der Waals surface area contributed by atoms with E-state index in [-0.39, 0.29) is 0 Å². The van der Waals surface area contributed by atoms with E-state index in [0.717, 1.165) is 7.11 Å². The summed E-state index contributed by atoms with van der Waals surface area (Å²) >= 11 is 0. The van der Waals surface area contributed by atoms with Gasteiger partial charge in [-0.25, -0.2) is 0 Å². The molecule has 10 heteroatoms. The Hall–Kier alpha value is -1.75. The molecular formula is C16H28O10. The van der Waals surface area contributed by atoms with Crippen LogP contribution in [-0.2, 0) is 28.6 Å². The lowest BCUT2D eigenvalue weighted by Crippen LogP contribution is -2.45. The van der Waals surface area contributed by atoms with Crippen LogP contribution in [0.2, 0.25) is 0 Å². The predicted molar refractivity (Wildman–Crippen MR) is 86.6 cm³/mol. The fourth-order valence-electron chi connectivity index (χ4n) is 1.56. The van der Waals surface area contributed by atoms with Gasteiger partial charge in [-0.3, -0.25) is 14.4 Å². The summed E-state index contributed by atoms with van der Waals surface area (Å²) in [5.74, 6) is -2.71. The van der Waals surface area contributed by atoms with Crippen LogP contribution in [-0.4, -0.2) is 85.1 Å². The average molecular weight is 380 g/mol. The molecule has 0 radical (unpaired) electrons. The van der Waals surface area contributed by atoms with Crippen molar-refractivity contribution < 1.29 is 49.0 Å². The van der Waals surface area contributed by atoms with Gasteiger partial charge in [0.1, 0.15) is 29.5 Å². The van der Waals surface area contributed by atoms with Gasteiger partial charge in [0.2, 0.25) is 0 Å². The smallest absolute Gasteiger partial charge is 0.317 e. The van der Waals surface area contributed by atoms with Crippen molar-refractivity contribution in [2.24, 2.45) is 16.2 Å². The lowest BCUT2D eigenvalue weighted by molar-refractivity contribution is -0.177. The minimum atomic E-state index is -1.64. The van der Waals surface area contributed by atoms with Crippen LogP contribution in [0.15, 0.2) is 0 Å². The van der Waals surface area contributed by atoms with Gasteiger partial charge < -0.3 is 34.6 Å². The highest BCUT2D eigenvalue weighted by molar-refractivity contribution is 5.80. The summed E-state index contributed by atoms with van der Waals surface area (Å²) in [5.41, 5.74) is -4.68. The van der Waals surface area contributed by atoms with E-state index in [1.54, 1.807) is 0 Å². The van der Waals surface area contributed by atoms with Crippen LogP contribution in [0.5, 0.6) is 0 Å². The van der Waals surface area contributed by atoms with Crippen LogP contribution in [0.4, 0.5) is 0 Å². The van der Waals surface area contributed by atoms with E-state index < -0.39 is 73.8 Å². The van der Waals surface area contributed by atoms with Gasteiger partial charge in [0.15, 0.2) is 0 Å². The minimum absolute atomic E-state index is 0.510. The van der Waals surface area contributed by atoms with Crippen LogP contribution in [0, 0.1) is 16.2 Å². The van der Waals surface area contributed by atoms with Crippen molar-refractivity contribution >= 4 is 17.9 Å². The van der Waals surface area contributed by atoms with Gasteiger partial charge in [0.05, 0.1) is 33.5 Å². The summed E-state index contributed by atoms with van der Waals surface area (Å²) in [7, 11) is 1.12. The molecule has 0 amide bonds. The third-order valence-corrected chi connectivity index (χ3v) is 4.10. The minimum Gasteiger partial charge on any atom is -0.468 e. The van der Waals surface area contributed by atoms with Gasteiger partial charge in [-0.2, -0.15) is 0 Å². The maximum Gasteiger partial charge on any atom is 0.317 e. The lowest BCUT2D eigenvalue weighted by atomic mass is 9.90. The van der Waals surface area contributed by atoms with Gasteiger partial charge in [-0.1, -0.05) is 0 Å². The molecule has 2 atom stereocenters. The molecule has 0 aliphatic rings. The average Bonchev–Trinajstić information content (AvgIpc) is 2.67. The molecule has 0 aromatic carbocycles. The zero-order valence-corrected chi connectivity index (χ0v) is 15.5. The van der Waals surface area contributed by atoms with E-state index in [0.29, 0.717) is 0 Å². The lowest BCUT2D eigenvalue weighted by Gasteiger charge is -2.30. The molecule has 0 fully saturated rings. The summed E-state index contributed by atoms with van der Waals surface area (Å²) in [6.07, 6.45) is 0. The molecule has 0 saturated heterocycles. The van der Waals surface area contributed by atoms with E-state index >= 15 is 0 Å². The van der Waals surface area contributed by atoms with E-state index in [9.17, 15) is 24.6 Å². The Labute approximate surface area is 151 Å². The quantitative estimate of drug-likeness (QED) is 0.239. The van der Waals surface area contributed by atoms with Crippen LogP contribution >= 0.6 is 0 Å². The molecule has 0 rings (SSSR count). The first kappa shape index (κ1) is 24.2. The second kappa shape index (κ2) is 9.81. The fourth-order valence-corrected chi connectivity index (χ4v) is 1.56. The van der Waals surface area contributed by atoms with Crippen LogP contribution in [0.3, 0.4) is 0 Å². The zero-order valence-electron chi connectivity index (χ0n) is 15.5. The number of aliphatic hydroxyl groups excluding tert-OH is 4. The Balaban J connectivity index is 5.00. The SMILES string of the molecule is COC(=O)C(C)(CO)COC(=O)C(C)(CO)COC(=O)C(C)(CO)CO. The Kier molecular flexibility index (Phi) is 9.15. The number of hydrogen-bond donors (Lipinski definition) is 4. The van der Waals surface area contributed by atoms with Crippen molar-refractivity contribution in [2.45, 2.75) is 20.8 Å². The van der Waals surface area contributed by atoms with Gasteiger partial charge in [0, 0.05) is 0 Å². The highest BCUT2D eigenvalue weighted by Gasteiger charge is 2.42. The van der Waals surface area contributed by atoms with Crippen molar-refractivity contribution in [3.8, 4) is 0 Å². The second-order valence-electron chi connectivity index (χ2n) is 6.96. The highest BCUT2D eigenvalue weighted by Crippen LogP contribution is 2.25. The van der Waals surface area contributed by atoms with Crippen molar-refractivity contribution in [2.75, 3.05) is 46.8 Å². The monoisotopic (exact) mass is 380 g/mol. The van der Waals surface area contributed by atoms with E-state index in [2.05, 4.69) is 4.74 Å². The van der Waals surface area contributed by atoms with Crippen LogP contribution in [0.25, 0.3) is 0 Å². The maximum absolute atomic E-state index is 12.3. The maximum atomic E-state index is 12.3. The van der Waals surface area contributed by atoms with Gasteiger partial charge in [0.25, 0.3) is 0 Å². The standard InChI is InChI=1S/C16H28O10/c1-14(5-17,6-18)12(22)25-10-16(3,8-20)13(23)26-9-15(2,7-19)11(21)24-4/h17-20H,5-10H2,1-4H3. The Bertz CT molecular complexity index is 501. The number of methoxy groups -OCH3 is 1. The molecular weight excluding hydrogens is 352 g/mol. The molecule has 26 heavy (non-hydrogen) atoms. The number of esters is 3. The molecule has 0 aliphatic heterocycles. The van der Waals surface area contributed by atoms with E-state index in [4.69, 9.17) is 19.7 Å². The first-order valence-electron chi connectivity index (χ1n) is 7.85. The second-order valence-corrected chi connectivity index (χ2v) is 6.96. The molecule has 0 aromatic rings. The molecule has 0 aliphatic carbocycles. The number of carbonyl (C=O) groups excluding carboxylic acids is 3. The molecule has 0 spiro atoms. The largest absolute Gasteiger partial charge is 0.468 e. The molecule has 0 heterocycles. The van der Waals surface area contributed by atoms with Crippen molar-refractivity contribution in [1.82, 2.24) is 0 Å². The van der Waals surface area contributed by atoms with Gasteiger partial charge in [-0.05, 0) is 20.8 Å². The Morgan fingerprint density at radius 3 is 1.27 bits per heavy atom. The molecule has 2 unspecified atom stereocenters. The van der Waals surface area contributed by atoms with Crippen LogP contribution < -0.4 is 0 Å². The van der Waals surface area contributed by atoms with Crippen molar-refractivity contribution in [3.05, 3.63) is 0 Å². The van der Waals surface area contributed by atoms with Crippen molar-refractivity contribution in [3.63, 3.8) is 0 Å². The van der Waals surface area contributed by atoms with E-state index in [1.165, 1.54) is 20.8 Å². The zero-order chi connectivity index (χ0) is 20.6. The summed E-state index contributed by atoms with van der Waals surface area (Å²) in [6, 6.07) is 0. The topological polar surface area (TPSA) is 160 Å². The normalized spacial score (nSPS) is 16.2. The summed E-state index contributed by atoms with van der Waals surface area (Å²) in [6.45, 7) is 0.0719. The van der Waals surface area contributed by atoms with Gasteiger partial charge in [-0.15, -0.1) is 0 Å². The third-order valence-electron chi connectivity index (χ3n) is 4.10.